The largest absolute Gasteiger partial charge is 0.323 e. The summed E-state index contributed by atoms with van der Waals surface area (Å²) in [5.74, 6) is 1.82. The van der Waals surface area contributed by atoms with Gasteiger partial charge in [0.25, 0.3) is 0 Å². The van der Waals surface area contributed by atoms with Crippen molar-refractivity contribution in [3.05, 3.63) is 18.2 Å². The van der Waals surface area contributed by atoms with Crippen LogP contribution in [0.2, 0.25) is 0 Å². The van der Waals surface area contributed by atoms with Crippen LogP contribution in [0.1, 0.15) is 37.5 Å². The molecule has 0 bridgehead atoms. The Labute approximate surface area is 132 Å². The molecule has 0 atom stereocenters. The number of nitrogens with zero attached hydrogens (tertiary/aromatic N) is 6. The van der Waals surface area contributed by atoms with Crippen molar-refractivity contribution in [2.75, 3.05) is 11.1 Å². The molecule has 3 rings (SSSR count). The molecule has 118 valence electrons. The van der Waals surface area contributed by atoms with Gasteiger partial charge in [0.15, 0.2) is 5.82 Å². The minimum atomic E-state index is -0.0436. The summed E-state index contributed by atoms with van der Waals surface area (Å²) in [7, 11) is 1.81. The average molecular weight is 321 g/mol. The van der Waals surface area contributed by atoms with E-state index in [1.807, 2.05) is 11.7 Å². The lowest BCUT2D eigenvalue weighted by Gasteiger charge is -2.10. The topological polar surface area (TPSA) is 90.5 Å². The number of anilines is 1. The van der Waals surface area contributed by atoms with E-state index >= 15 is 0 Å². The third-order valence-corrected chi connectivity index (χ3v) is 4.61. The number of carbonyl (C=O) groups excluding carboxylic acids is 1. The molecule has 1 aliphatic carbocycles. The van der Waals surface area contributed by atoms with Crippen LogP contribution in [0.25, 0.3) is 0 Å². The van der Waals surface area contributed by atoms with Gasteiger partial charge in [-0.05, 0) is 23.3 Å². The number of hydrogen-bond acceptors (Lipinski definition) is 6. The predicted molar refractivity (Wildman–Crippen MR) is 83.3 cm³/mol. The summed E-state index contributed by atoms with van der Waals surface area (Å²) in [5, 5.41) is 18.8. The van der Waals surface area contributed by atoms with Crippen molar-refractivity contribution in [2.45, 2.75) is 37.5 Å². The van der Waals surface area contributed by atoms with Crippen LogP contribution in [-0.4, -0.2) is 41.6 Å². The van der Waals surface area contributed by atoms with Gasteiger partial charge in [-0.1, -0.05) is 12.8 Å². The number of aryl methyl sites for hydroxylation is 1. The summed E-state index contributed by atoms with van der Waals surface area (Å²) in [6.07, 6.45) is 8.16. The summed E-state index contributed by atoms with van der Waals surface area (Å²) in [5.41, 5.74) is 0.712. The van der Waals surface area contributed by atoms with Crippen LogP contribution in [0.3, 0.4) is 0 Å². The number of hydrogen-bond donors (Lipinski definition) is 1. The van der Waals surface area contributed by atoms with Crippen molar-refractivity contribution in [3.8, 4) is 0 Å². The molecule has 8 nitrogen and oxygen atoms in total. The minimum Gasteiger partial charge on any atom is -0.323 e. The Kier molecular flexibility index (Phi) is 4.71. The molecule has 2 aromatic rings. The first-order chi connectivity index (χ1) is 10.7. The van der Waals surface area contributed by atoms with Gasteiger partial charge in [-0.25, -0.2) is 4.68 Å². The minimum absolute atomic E-state index is 0.0436. The number of carbonyl (C=O) groups is 1. The van der Waals surface area contributed by atoms with E-state index in [-0.39, 0.29) is 5.91 Å². The highest BCUT2D eigenvalue weighted by atomic mass is 32.2. The number of thioether (sulfide) groups is 1. The van der Waals surface area contributed by atoms with Crippen molar-refractivity contribution in [2.24, 2.45) is 7.05 Å². The molecule has 1 fully saturated rings. The SMILES string of the molecule is Cn1cc(NC(=O)CSCc2nnnn2C2CCCC2)cn1. The van der Waals surface area contributed by atoms with Gasteiger partial charge in [-0.2, -0.15) is 5.10 Å². The van der Waals surface area contributed by atoms with Gasteiger partial charge in [0.2, 0.25) is 5.91 Å². The van der Waals surface area contributed by atoms with E-state index in [1.165, 1.54) is 24.6 Å². The molecule has 2 aromatic heterocycles. The maximum absolute atomic E-state index is 11.9. The number of rotatable bonds is 6. The third-order valence-electron chi connectivity index (χ3n) is 3.68. The van der Waals surface area contributed by atoms with Gasteiger partial charge >= 0.3 is 0 Å². The Hall–Kier alpha value is -1.90. The number of tetrazole rings is 1. The van der Waals surface area contributed by atoms with Crippen LogP contribution in [0.5, 0.6) is 0 Å². The molecule has 0 saturated heterocycles. The van der Waals surface area contributed by atoms with E-state index in [2.05, 4.69) is 25.9 Å². The highest BCUT2D eigenvalue weighted by molar-refractivity contribution is 7.99. The van der Waals surface area contributed by atoms with Crippen molar-refractivity contribution >= 4 is 23.4 Å². The Morgan fingerprint density at radius 1 is 1.45 bits per heavy atom. The van der Waals surface area contributed by atoms with Gasteiger partial charge in [-0.3, -0.25) is 9.48 Å². The molecule has 0 spiro atoms. The molecular weight excluding hydrogens is 302 g/mol. The summed E-state index contributed by atoms with van der Waals surface area (Å²) < 4.78 is 3.58. The fourth-order valence-electron chi connectivity index (χ4n) is 2.66. The Morgan fingerprint density at radius 2 is 2.27 bits per heavy atom. The average Bonchev–Trinajstić information content (AvgIpc) is 3.20. The monoisotopic (exact) mass is 321 g/mol. The number of aromatic nitrogens is 6. The second kappa shape index (κ2) is 6.91. The molecule has 22 heavy (non-hydrogen) atoms. The van der Waals surface area contributed by atoms with Gasteiger partial charge < -0.3 is 5.32 Å². The highest BCUT2D eigenvalue weighted by Gasteiger charge is 2.21. The lowest BCUT2D eigenvalue weighted by atomic mass is 10.2. The lowest BCUT2D eigenvalue weighted by molar-refractivity contribution is -0.113. The molecule has 1 aliphatic rings. The fourth-order valence-corrected chi connectivity index (χ4v) is 3.39. The van der Waals surface area contributed by atoms with Crippen LogP contribution in [0.15, 0.2) is 12.4 Å². The van der Waals surface area contributed by atoms with E-state index < -0.39 is 0 Å². The Balaban J connectivity index is 1.47. The molecule has 0 aliphatic heterocycles. The summed E-state index contributed by atoms with van der Waals surface area (Å²) >= 11 is 1.52. The standard InChI is InChI=1S/C13H19N7OS/c1-19-7-10(6-14-19)15-13(21)9-22-8-12-16-17-18-20(12)11-4-2-3-5-11/h6-7,11H,2-5,8-9H2,1H3,(H,15,21). The molecule has 0 radical (unpaired) electrons. The van der Waals surface area contributed by atoms with Crippen LogP contribution >= 0.6 is 11.8 Å². The summed E-state index contributed by atoms with van der Waals surface area (Å²) in [6, 6.07) is 0.426. The zero-order chi connectivity index (χ0) is 15.4. The molecule has 1 N–H and O–H groups in total. The first kappa shape index (κ1) is 15.0. The van der Waals surface area contributed by atoms with E-state index in [0.29, 0.717) is 23.2 Å². The number of amides is 1. The van der Waals surface area contributed by atoms with Crippen LogP contribution in [0, 0.1) is 0 Å². The van der Waals surface area contributed by atoms with E-state index in [0.717, 1.165) is 18.7 Å². The van der Waals surface area contributed by atoms with Crippen LogP contribution in [-0.2, 0) is 17.6 Å². The summed E-state index contributed by atoms with van der Waals surface area (Å²) in [4.78, 5) is 11.9. The van der Waals surface area contributed by atoms with E-state index in [1.54, 1.807) is 17.1 Å². The van der Waals surface area contributed by atoms with Crippen molar-refractivity contribution in [3.63, 3.8) is 0 Å². The van der Waals surface area contributed by atoms with E-state index in [9.17, 15) is 4.79 Å². The van der Waals surface area contributed by atoms with Crippen molar-refractivity contribution in [1.82, 2.24) is 30.0 Å². The normalized spacial score (nSPS) is 15.3. The molecule has 1 saturated carbocycles. The molecule has 0 unspecified atom stereocenters. The Bertz CT molecular complexity index is 632. The molecule has 0 aromatic carbocycles. The first-order valence-electron chi connectivity index (χ1n) is 7.35. The van der Waals surface area contributed by atoms with Gasteiger partial charge in [0, 0.05) is 13.2 Å². The quantitative estimate of drug-likeness (QED) is 0.864. The highest BCUT2D eigenvalue weighted by Crippen LogP contribution is 2.29. The van der Waals surface area contributed by atoms with Crippen molar-refractivity contribution in [1.29, 1.82) is 0 Å². The van der Waals surface area contributed by atoms with E-state index in [4.69, 9.17) is 0 Å². The fraction of sp³-hybridized carbons (Fsp3) is 0.615. The Morgan fingerprint density at radius 3 is 3.00 bits per heavy atom. The van der Waals surface area contributed by atoms with Gasteiger partial charge in [0.05, 0.1) is 29.4 Å². The second-order valence-electron chi connectivity index (χ2n) is 5.42. The van der Waals surface area contributed by atoms with Gasteiger partial charge in [0.1, 0.15) is 0 Å². The van der Waals surface area contributed by atoms with Crippen LogP contribution in [0.4, 0.5) is 5.69 Å². The summed E-state index contributed by atoms with van der Waals surface area (Å²) in [6.45, 7) is 0. The molecule has 2 heterocycles. The molecular formula is C13H19N7OS. The molecule has 9 heteroatoms. The number of nitrogens with one attached hydrogen (secondary N) is 1. The third kappa shape index (κ3) is 3.65. The molecule has 1 amide bonds. The second-order valence-corrected chi connectivity index (χ2v) is 6.41. The van der Waals surface area contributed by atoms with Crippen molar-refractivity contribution < 1.29 is 4.79 Å². The zero-order valence-electron chi connectivity index (χ0n) is 12.5. The maximum Gasteiger partial charge on any atom is 0.234 e. The lowest BCUT2D eigenvalue weighted by Crippen LogP contribution is -2.15. The van der Waals surface area contributed by atoms with Gasteiger partial charge in [-0.15, -0.1) is 16.9 Å². The first-order valence-corrected chi connectivity index (χ1v) is 8.51. The zero-order valence-corrected chi connectivity index (χ0v) is 13.3. The maximum atomic E-state index is 11.9. The predicted octanol–water partition coefficient (Wildman–Crippen LogP) is 1.39. The smallest absolute Gasteiger partial charge is 0.234 e. The van der Waals surface area contributed by atoms with Crippen LogP contribution < -0.4 is 5.32 Å².